The van der Waals surface area contributed by atoms with Crippen molar-refractivity contribution < 1.29 is 23.9 Å². The van der Waals surface area contributed by atoms with E-state index in [0.29, 0.717) is 24.1 Å². The van der Waals surface area contributed by atoms with Gasteiger partial charge in [0.15, 0.2) is 0 Å². The Kier molecular flexibility index (Phi) is 7.21. The minimum atomic E-state index is -1.02. The van der Waals surface area contributed by atoms with Crippen molar-refractivity contribution in [3.8, 4) is 0 Å². The molecule has 0 aromatic carbocycles. The van der Waals surface area contributed by atoms with Crippen molar-refractivity contribution in [2.45, 2.75) is 19.8 Å². The molecule has 0 fully saturated rings. The van der Waals surface area contributed by atoms with Gasteiger partial charge in [-0.15, -0.1) is 0 Å². The predicted molar refractivity (Wildman–Crippen MR) is 61.9 cm³/mol. The molecule has 0 aliphatic heterocycles. The summed E-state index contributed by atoms with van der Waals surface area (Å²) in [5, 5.41) is 10.3. The van der Waals surface area contributed by atoms with Gasteiger partial charge < -0.3 is 19.1 Å². The molecule has 0 rings (SSSR count). The first-order valence-corrected chi connectivity index (χ1v) is 5.68. The number of carbonyl (C=O) groups is 2. The molecule has 0 heterocycles. The topological polar surface area (TPSA) is 66.4 Å². The van der Waals surface area contributed by atoms with Gasteiger partial charge in [0, 0.05) is 18.5 Å². The number of ether oxygens (including phenoxy) is 1. The molecule has 98 valence electrons. The highest BCUT2D eigenvalue weighted by Crippen LogP contribution is 2.01. The predicted octanol–water partition coefficient (Wildman–Crippen LogP) is -0.288. The summed E-state index contributed by atoms with van der Waals surface area (Å²) in [5.41, 5.74) is 0. The lowest BCUT2D eigenvalue weighted by Crippen LogP contribution is -2.43. The number of carboxylic acid groups (broad SMARTS) is 1. The fourth-order valence-electron chi connectivity index (χ4n) is 1.34. The molecule has 0 N–H and O–H groups in total. The molecule has 0 aromatic heterocycles. The fourth-order valence-corrected chi connectivity index (χ4v) is 1.34. The summed E-state index contributed by atoms with van der Waals surface area (Å²) >= 11 is 0. The standard InChI is InChI=1S/C12H21NO4/c1-4-6-12(16)17-10-9-13(2,3)8-5-7-11(14)15/h4,6H,5,7-10H2,1-3H3. The molecule has 17 heavy (non-hydrogen) atoms. The van der Waals surface area contributed by atoms with Crippen molar-refractivity contribution in [2.75, 3.05) is 33.8 Å². The second kappa shape index (κ2) is 7.84. The number of quaternary nitrogens is 1. The number of allylic oxidation sites excluding steroid dienone is 1. The summed E-state index contributed by atoms with van der Waals surface area (Å²) in [7, 11) is 3.94. The van der Waals surface area contributed by atoms with Crippen molar-refractivity contribution in [3.05, 3.63) is 12.2 Å². The average molecular weight is 243 g/mol. The van der Waals surface area contributed by atoms with Crippen LogP contribution < -0.4 is 5.11 Å². The molecule has 0 unspecified atom stereocenters. The molecular formula is C12H21NO4. The van der Waals surface area contributed by atoms with E-state index in [1.54, 1.807) is 13.0 Å². The molecule has 5 heteroatoms. The van der Waals surface area contributed by atoms with Gasteiger partial charge in [-0.25, -0.2) is 4.79 Å². The zero-order chi connectivity index (χ0) is 13.3. The van der Waals surface area contributed by atoms with Crippen molar-refractivity contribution in [1.82, 2.24) is 0 Å². The van der Waals surface area contributed by atoms with E-state index in [1.807, 2.05) is 14.1 Å². The minimum absolute atomic E-state index is 0.0695. The second-order valence-electron chi connectivity index (χ2n) is 4.53. The molecule has 0 saturated heterocycles. The van der Waals surface area contributed by atoms with Gasteiger partial charge in [-0.1, -0.05) is 6.08 Å². The zero-order valence-corrected chi connectivity index (χ0v) is 10.8. The van der Waals surface area contributed by atoms with E-state index in [1.165, 1.54) is 6.08 Å². The third kappa shape index (κ3) is 9.56. The average Bonchev–Trinajstić information content (AvgIpc) is 2.16. The maximum absolute atomic E-state index is 11.0. The summed E-state index contributed by atoms with van der Waals surface area (Å²) in [5.74, 6) is -1.37. The summed E-state index contributed by atoms with van der Waals surface area (Å²) in [6.45, 7) is 3.47. The number of nitrogens with zero attached hydrogens (tertiary/aromatic N) is 1. The number of likely N-dealkylation sites (N-methyl/N-ethyl adjacent to an activating group) is 1. The first-order valence-electron chi connectivity index (χ1n) is 5.68. The van der Waals surface area contributed by atoms with Gasteiger partial charge in [0.25, 0.3) is 0 Å². The summed E-state index contributed by atoms with van der Waals surface area (Å²) in [6.07, 6.45) is 3.64. The van der Waals surface area contributed by atoms with E-state index < -0.39 is 5.97 Å². The first-order chi connectivity index (χ1) is 7.87. The van der Waals surface area contributed by atoms with Crippen molar-refractivity contribution in [2.24, 2.45) is 0 Å². The summed E-state index contributed by atoms with van der Waals surface area (Å²) < 4.78 is 5.60. The molecule has 0 saturated carbocycles. The van der Waals surface area contributed by atoms with E-state index in [4.69, 9.17) is 4.74 Å². The van der Waals surface area contributed by atoms with Gasteiger partial charge in [0.1, 0.15) is 13.2 Å². The van der Waals surface area contributed by atoms with Gasteiger partial charge in [0.05, 0.1) is 20.6 Å². The first kappa shape index (κ1) is 15.6. The van der Waals surface area contributed by atoms with E-state index in [0.717, 1.165) is 6.54 Å². The Hall–Kier alpha value is -1.36. The lowest BCUT2D eigenvalue weighted by atomic mass is 10.3. The summed E-state index contributed by atoms with van der Waals surface area (Å²) in [6, 6.07) is 0. The monoisotopic (exact) mass is 243 g/mol. The van der Waals surface area contributed by atoms with Gasteiger partial charge in [-0.3, -0.25) is 0 Å². The van der Waals surface area contributed by atoms with Gasteiger partial charge in [-0.2, -0.15) is 0 Å². The molecular weight excluding hydrogens is 222 g/mol. The normalized spacial score (nSPS) is 11.7. The third-order valence-corrected chi connectivity index (χ3v) is 2.39. The van der Waals surface area contributed by atoms with E-state index in [-0.39, 0.29) is 12.4 Å². The Labute approximate surface area is 102 Å². The number of hydrogen-bond donors (Lipinski definition) is 0. The molecule has 0 atom stereocenters. The Morgan fingerprint density at radius 2 is 1.94 bits per heavy atom. The van der Waals surface area contributed by atoms with Crippen LogP contribution in [0.5, 0.6) is 0 Å². The maximum Gasteiger partial charge on any atom is 0.330 e. The van der Waals surface area contributed by atoms with Crippen LogP contribution in [0.2, 0.25) is 0 Å². The van der Waals surface area contributed by atoms with Crippen LogP contribution in [0.1, 0.15) is 19.8 Å². The van der Waals surface area contributed by atoms with Crippen LogP contribution in [-0.4, -0.2) is 50.2 Å². The summed E-state index contributed by atoms with van der Waals surface area (Å²) in [4.78, 5) is 21.3. The molecule has 5 nitrogen and oxygen atoms in total. The molecule has 0 bridgehead atoms. The number of aliphatic carboxylic acids is 1. The van der Waals surface area contributed by atoms with Crippen LogP contribution in [0.4, 0.5) is 0 Å². The Balaban J connectivity index is 3.77. The van der Waals surface area contributed by atoms with E-state index in [9.17, 15) is 14.7 Å². The molecule has 0 aliphatic carbocycles. The molecule has 0 amide bonds. The quantitative estimate of drug-likeness (QED) is 0.334. The van der Waals surface area contributed by atoms with Crippen LogP contribution in [0.3, 0.4) is 0 Å². The smallest absolute Gasteiger partial charge is 0.330 e. The molecule has 0 aliphatic rings. The van der Waals surface area contributed by atoms with Crippen LogP contribution in [-0.2, 0) is 14.3 Å². The highest BCUT2D eigenvalue weighted by Gasteiger charge is 2.14. The Morgan fingerprint density at radius 3 is 2.47 bits per heavy atom. The van der Waals surface area contributed by atoms with Gasteiger partial charge in [-0.05, 0) is 13.3 Å². The number of rotatable bonds is 8. The number of carbonyl (C=O) groups excluding carboxylic acids is 2. The van der Waals surface area contributed by atoms with Crippen molar-refractivity contribution in [1.29, 1.82) is 0 Å². The minimum Gasteiger partial charge on any atom is -0.550 e. The fraction of sp³-hybridized carbons (Fsp3) is 0.667. The lowest BCUT2D eigenvalue weighted by Gasteiger charge is -2.29. The van der Waals surface area contributed by atoms with Crippen LogP contribution in [0.25, 0.3) is 0 Å². The van der Waals surface area contributed by atoms with Crippen molar-refractivity contribution >= 4 is 11.9 Å². The van der Waals surface area contributed by atoms with Gasteiger partial charge in [0.2, 0.25) is 0 Å². The van der Waals surface area contributed by atoms with Crippen LogP contribution >= 0.6 is 0 Å². The number of hydrogen-bond acceptors (Lipinski definition) is 4. The van der Waals surface area contributed by atoms with Crippen molar-refractivity contribution in [3.63, 3.8) is 0 Å². The lowest BCUT2D eigenvalue weighted by molar-refractivity contribution is -0.890. The van der Waals surface area contributed by atoms with Gasteiger partial charge >= 0.3 is 5.97 Å². The van der Waals surface area contributed by atoms with Crippen LogP contribution in [0, 0.1) is 0 Å². The van der Waals surface area contributed by atoms with E-state index in [2.05, 4.69) is 0 Å². The number of esters is 1. The Morgan fingerprint density at radius 1 is 1.29 bits per heavy atom. The SMILES string of the molecule is CC=CC(=O)OCC[N+](C)(C)CCCC(=O)[O-]. The highest BCUT2D eigenvalue weighted by molar-refractivity contribution is 5.81. The third-order valence-electron chi connectivity index (χ3n) is 2.39. The zero-order valence-electron chi connectivity index (χ0n) is 10.8. The maximum atomic E-state index is 11.0. The molecule has 0 spiro atoms. The largest absolute Gasteiger partial charge is 0.550 e. The second-order valence-corrected chi connectivity index (χ2v) is 4.53. The number of carboxylic acids is 1. The molecule has 0 aromatic rings. The molecule has 0 radical (unpaired) electrons. The van der Waals surface area contributed by atoms with Crippen LogP contribution in [0.15, 0.2) is 12.2 Å². The van der Waals surface area contributed by atoms with E-state index >= 15 is 0 Å². The Bertz CT molecular complexity index is 284. The highest BCUT2D eigenvalue weighted by atomic mass is 16.5.